The van der Waals surface area contributed by atoms with E-state index in [9.17, 15) is 9.59 Å². The van der Waals surface area contributed by atoms with Crippen LogP contribution in [0.3, 0.4) is 0 Å². The highest BCUT2D eigenvalue weighted by atomic mass is 16.2. The first-order chi connectivity index (χ1) is 11.2. The summed E-state index contributed by atoms with van der Waals surface area (Å²) in [6.45, 7) is 2.08. The molecule has 2 heterocycles. The van der Waals surface area contributed by atoms with Crippen LogP contribution in [0, 0.1) is 0 Å². The maximum Gasteiger partial charge on any atom is 0.275 e. The molecule has 2 aliphatic heterocycles. The van der Waals surface area contributed by atoms with Crippen molar-refractivity contribution in [3.8, 4) is 0 Å². The molecular weight excluding hydrogens is 288 g/mol. The van der Waals surface area contributed by atoms with Gasteiger partial charge in [-0.3, -0.25) is 14.9 Å². The Morgan fingerprint density at radius 1 is 0.957 bits per heavy atom. The van der Waals surface area contributed by atoms with Crippen molar-refractivity contribution in [1.82, 2.24) is 5.32 Å². The van der Waals surface area contributed by atoms with Crippen molar-refractivity contribution in [3.63, 3.8) is 0 Å². The number of nitrogens with one attached hydrogen (secondary N) is 1. The van der Waals surface area contributed by atoms with Gasteiger partial charge in [0, 0.05) is 11.7 Å². The standard InChI is InChI=1S/C19H16N2O2/c1-12-11-14-9-5-6-10-15(14)21(12)17-16(18(22)20-19(17)23)13-7-3-2-4-8-13/h2-10,12H,11H2,1H3,(H,20,22,23). The van der Waals surface area contributed by atoms with Gasteiger partial charge >= 0.3 is 0 Å². The molecule has 0 saturated heterocycles. The Balaban J connectivity index is 1.93. The molecule has 114 valence electrons. The average molecular weight is 304 g/mol. The number of carbonyl (C=O) groups excluding carboxylic acids is 2. The Morgan fingerprint density at radius 2 is 1.65 bits per heavy atom. The Hall–Kier alpha value is -2.88. The summed E-state index contributed by atoms with van der Waals surface area (Å²) in [5, 5.41) is 2.45. The number of imide groups is 1. The molecule has 0 spiro atoms. The van der Waals surface area contributed by atoms with Crippen molar-refractivity contribution < 1.29 is 9.59 Å². The number of hydrogen-bond acceptors (Lipinski definition) is 3. The zero-order valence-electron chi connectivity index (χ0n) is 12.7. The summed E-state index contributed by atoms with van der Waals surface area (Å²) in [6.07, 6.45) is 0.864. The minimum atomic E-state index is -0.326. The molecule has 2 aliphatic rings. The third-order valence-corrected chi connectivity index (χ3v) is 4.42. The van der Waals surface area contributed by atoms with E-state index in [-0.39, 0.29) is 17.9 Å². The van der Waals surface area contributed by atoms with Crippen molar-refractivity contribution in [1.29, 1.82) is 0 Å². The highest BCUT2D eigenvalue weighted by Crippen LogP contribution is 2.38. The van der Waals surface area contributed by atoms with Gasteiger partial charge in [0.1, 0.15) is 5.70 Å². The fourth-order valence-electron chi connectivity index (χ4n) is 3.45. The number of rotatable bonds is 2. The first-order valence-corrected chi connectivity index (χ1v) is 7.69. The number of amides is 2. The number of carbonyl (C=O) groups is 2. The van der Waals surface area contributed by atoms with E-state index < -0.39 is 0 Å². The summed E-state index contributed by atoms with van der Waals surface area (Å²) >= 11 is 0. The molecule has 0 saturated carbocycles. The molecule has 2 aromatic rings. The van der Waals surface area contributed by atoms with Gasteiger partial charge in [-0.05, 0) is 30.5 Å². The molecule has 2 aromatic carbocycles. The van der Waals surface area contributed by atoms with Crippen LogP contribution >= 0.6 is 0 Å². The molecule has 1 N–H and O–H groups in total. The molecule has 4 heteroatoms. The molecule has 2 amide bonds. The van der Waals surface area contributed by atoms with Gasteiger partial charge in [0.15, 0.2) is 0 Å². The Kier molecular flexibility index (Phi) is 3.05. The molecule has 0 radical (unpaired) electrons. The zero-order chi connectivity index (χ0) is 16.0. The monoisotopic (exact) mass is 304 g/mol. The second-order valence-electron chi connectivity index (χ2n) is 5.92. The molecule has 0 fully saturated rings. The molecule has 0 aromatic heterocycles. The van der Waals surface area contributed by atoms with Crippen LogP contribution in [-0.2, 0) is 16.0 Å². The lowest BCUT2D eigenvalue weighted by atomic mass is 10.0. The van der Waals surface area contributed by atoms with Crippen LogP contribution in [0.2, 0.25) is 0 Å². The van der Waals surface area contributed by atoms with E-state index in [1.807, 2.05) is 53.4 Å². The van der Waals surface area contributed by atoms with Crippen LogP contribution in [-0.4, -0.2) is 17.9 Å². The topological polar surface area (TPSA) is 49.4 Å². The fourth-order valence-corrected chi connectivity index (χ4v) is 3.45. The Labute approximate surface area is 134 Å². The SMILES string of the molecule is CC1Cc2ccccc2N1C1=C(c2ccccc2)C(=O)NC1=O. The van der Waals surface area contributed by atoms with Gasteiger partial charge in [0.25, 0.3) is 11.8 Å². The van der Waals surface area contributed by atoms with Crippen molar-refractivity contribution in [3.05, 3.63) is 71.4 Å². The van der Waals surface area contributed by atoms with Crippen molar-refractivity contribution in [2.24, 2.45) is 0 Å². The third kappa shape index (κ3) is 2.06. The second kappa shape index (κ2) is 5.09. The third-order valence-electron chi connectivity index (χ3n) is 4.42. The molecule has 0 bridgehead atoms. The van der Waals surface area contributed by atoms with Gasteiger partial charge in [-0.25, -0.2) is 0 Å². The van der Waals surface area contributed by atoms with Crippen LogP contribution in [0.25, 0.3) is 5.57 Å². The zero-order valence-corrected chi connectivity index (χ0v) is 12.7. The number of fused-ring (bicyclic) bond motifs is 1. The van der Waals surface area contributed by atoms with E-state index in [0.717, 1.165) is 17.7 Å². The highest BCUT2D eigenvalue weighted by molar-refractivity contribution is 6.37. The lowest BCUT2D eigenvalue weighted by Gasteiger charge is -2.25. The highest BCUT2D eigenvalue weighted by Gasteiger charge is 2.39. The molecule has 1 atom stereocenters. The lowest BCUT2D eigenvalue weighted by molar-refractivity contribution is -0.123. The van der Waals surface area contributed by atoms with Crippen LogP contribution in [0.4, 0.5) is 5.69 Å². The van der Waals surface area contributed by atoms with E-state index in [1.165, 1.54) is 5.56 Å². The van der Waals surface area contributed by atoms with Gasteiger partial charge in [-0.1, -0.05) is 48.5 Å². The van der Waals surface area contributed by atoms with Crippen LogP contribution < -0.4 is 10.2 Å². The van der Waals surface area contributed by atoms with E-state index in [2.05, 4.69) is 18.3 Å². The smallest absolute Gasteiger partial charge is 0.275 e. The predicted octanol–water partition coefficient (Wildman–Crippen LogP) is 2.51. The molecule has 4 rings (SSSR count). The van der Waals surface area contributed by atoms with E-state index >= 15 is 0 Å². The first-order valence-electron chi connectivity index (χ1n) is 7.69. The molecule has 4 nitrogen and oxygen atoms in total. The summed E-state index contributed by atoms with van der Waals surface area (Å²) in [4.78, 5) is 26.8. The average Bonchev–Trinajstić information content (AvgIpc) is 3.03. The van der Waals surface area contributed by atoms with Crippen molar-refractivity contribution in [2.75, 3.05) is 4.90 Å². The van der Waals surface area contributed by atoms with E-state index in [1.54, 1.807) is 0 Å². The summed E-state index contributed by atoms with van der Waals surface area (Å²) in [7, 11) is 0. The second-order valence-corrected chi connectivity index (χ2v) is 5.92. The number of nitrogens with zero attached hydrogens (tertiary/aromatic N) is 1. The fraction of sp³-hybridized carbons (Fsp3) is 0.158. The largest absolute Gasteiger partial charge is 0.333 e. The number of anilines is 1. The van der Waals surface area contributed by atoms with Gasteiger partial charge in [0.05, 0.1) is 5.57 Å². The maximum absolute atomic E-state index is 12.5. The van der Waals surface area contributed by atoms with E-state index in [0.29, 0.717) is 11.3 Å². The molecule has 23 heavy (non-hydrogen) atoms. The Morgan fingerprint density at radius 3 is 2.43 bits per heavy atom. The van der Waals surface area contributed by atoms with Crippen molar-refractivity contribution in [2.45, 2.75) is 19.4 Å². The Bertz CT molecular complexity index is 839. The van der Waals surface area contributed by atoms with Gasteiger partial charge in [0.2, 0.25) is 0 Å². The predicted molar refractivity (Wildman–Crippen MR) is 88.6 cm³/mol. The van der Waals surface area contributed by atoms with Gasteiger partial charge in [-0.15, -0.1) is 0 Å². The molecule has 0 aliphatic carbocycles. The van der Waals surface area contributed by atoms with Gasteiger partial charge in [-0.2, -0.15) is 0 Å². The van der Waals surface area contributed by atoms with Gasteiger partial charge < -0.3 is 4.90 Å². The summed E-state index contributed by atoms with van der Waals surface area (Å²) in [5.74, 6) is -0.648. The van der Waals surface area contributed by atoms with Crippen molar-refractivity contribution >= 4 is 23.1 Å². The van der Waals surface area contributed by atoms with Crippen LogP contribution in [0.1, 0.15) is 18.1 Å². The summed E-state index contributed by atoms with van der Waals surface area (Å²) in [6, 6.07) is 17.5. The van der Waals surface area contributed by atoms with E-state index in [4.69, 9.17) is 0 Å². The minimum Gasteiger partial charge on any atom is -0.333 e. The molecule has 1 unspecified atom stereocenters. The normalized spacial score (nSPS) is 20.0. The number of hydrogen-bond donors (Lipinski definition) is 1. The first kappa shape index (κ1) is 13.8. The quantitative estimate of drug-likeness (QED) is 0.867. The number of benzene rings is 2. The van der Waals surface area contributed by atoms with Crippen LogP contribution in [0.5, 0.6) is 0 Å². The summed E-state index contributed by atoms with van der Waals surface area (Å²) in [5.41, 5.74) is 3.89. The maximum atomic E-state index is 12.5. The lowest BCUT2D eigenvalue weighted by Crippen LogP contribution is -2.34. The van der Waals surface area contributed by atoms with Crippen LogP contribution in [0.15, 0.2) is 60.3 Å². The summed E-state index contributed by atoms with van der Waals surface area (Å²) < 4.78 is 0. The molecular formula is C19H16N2O2. The minimum absolute atomic E-state index is 0.137. The number of para-hydroxylation sites is 1.